The highest BCUT2D eigenvalue weighted by molar-refractivity contribution is 7.90. The van der Waals surface area contributed by atoms with Gasteiger partial charge in [-0.1, -0.05) is 36.4 Å². The first kappa shape index (κ1) is 14.1. The molecule has 0 spiro atoms. The SMILES string of the molecule is Cc1oc(C)c2c1c1ccccc1n2S(=O)(=O)c1ccccc1. The molecule has 0 radical (unpaired) electrons. The third-order valence-corrected chi connectivity index (χ3v) is 5.83. The third-order valence-electron chi connectivity index (χ3n) is 4.11. The summed E-state index contributed by atoms with van der Waals surface area (Å²) in [4.78, 5) is 0.265. The Morgan fingerprint density at radius 1 is 0.870 bits per heavy atom. The summed E-state index contributed by atoms with van der Waals surface area (Å²) in [7, 11) is -3.70. The number of fused-ring (bicyclic) bond motifs is 3. The van der Waals surface area contributed by atoms with E-state index in [4.69, 9.17) is 4.42 Å². The smallest absolute Gasteiger partial charge is 0.268 e. The molecule has 5 heteroatoms. The molecule has 0 atom stereocenters. The van der Waals surface area contributed by atoms with E-state index in [2.05, 4.69) is 0 Å². The first-order valence-corrected chi connectivity index (χ1v) is 8.75. The number of aryl methyl sites for hydroxylation is 2. The van der Waals surface area contributed by atoms with Crippen molar-refractivity contribution in [2.45, 2.75) is 18.7 Å². The second kappa shape index (κ2) is 4.73. The predicted molar refractivity (Wildman–Crippen MR) is 90.2 cm³/mol. The minimum absolute atomic E-state index is 0.265. The van der Waals surface area contributed by atoms with E-state index in [1.807, 2.05) is 31.2 Å². The van der Waals surface area contributed by atoms with Crippen molar-refractivity contribution in [2.75, 3.05) is 0 Å². The Kier molecular flexibility index (Phi) is 2.90. The van der Waals surface area contributed by atoms with Crippen LogP contribution in [0.5, 0.6) is 0 Å². The van der Waals surface area contributed by atoms with Crippen LogP contribution in [-0.4, -0.2) is 12.4 Å². The molecule has 4 nitrogen and oxygen atoms in total. The monoisotopic (exact) mass is 325 g/mol. The molecule has 2 aromatic heterocycles. The molecule has 0 amide bonds. The summed E-state index contributed by atoms with van der Waals surface area (Å²) < 4.78 is 33.5. The van der Waals surface area contributed by atoms with Gasteiger partial charge in [0.15, 0.2) is 0 Å². The number of para-hydroxylation sites is 1. The summed E-state index contributed by atoms with van der Waals surface area (Å²) in [5, 5.41) is 1.74. The Labute approximate surface area is 134 Å². The van der Waals surface area contributed by atoms with Gasteiger partial charge in [-0.3, -0.25) is 0 Å². The number of aromatic nitrogens is 1. The van der Waals surface area contributed by atoms with Crippen molar-refractivity contribution < 1.29 is 12.8 Å². The van der Waals surface area contributed by atoms with Crippen LogP contribution in [0.2, 0.25) is 0 Å². The lowest BCUT2D eigenvalue weighted by molar-refractivity contribution is 0.509. The molecule has 0 fully saturated rings. The lowest BCUT2D eigenvalue weighted by Gasteiger charge is -2.09. The summed E-state index contributed by atoms with van der Waals surface area (Å²) in [6, 6.07) is 16.0. The molecule has 0 N–H and O–H groups in total. The lowest BCUT2D eigenvalue weighted by Crippen LogP contribution is -2.12. The first-order chi connectivity index (χ1) is 11.0. The van der Waals surface area contributed by atoms with Crippen LogP contribution in [0.1, 0.15) is 11.5 Å². The summed E-state index contributed by atoms with van der Waals surface area (Å²) in [6.07, 6.45) is 0. The normalized spacial score (nSPS) is 12.3. The molecule has 2 aromatic carbocycles. The maximum Gasteiger partial charge on any atom is 0.268 e. The van der Waals surface area contributed by atoms with Gasteiger partial charge < -0.3 is 4.42 Å². The van der Waals surface area contributed by atoms with E-state index in [1.54, 1.807) is 37.3 Å². The van der Waals surface area contributed by atoms with Gasteiger partial charge in [-0.25, -0.2) is 12.4 Å². The van der Waals surface area contributed by atoms with Gasteiger partial charge in [0.1, 0.15) is 17.0 Å². The maximum atomic E-state index is 13.2. The van der Waals surface area contributed by atoms with Crippen LogP contribution >= 0.6 is 0 Å². The van der Waals surface area contributed by atoms with Crippen molar-refractivity contribution >= 4 is 31.8 Å². The van der Waals surface area contributed by atoms with Crippen LogP contribution in [-0.2, 0) is 10.0 Å². The van der Waals surface area contributed by atoms with Crippen LogP contribution in [0.4, 0.5) is 0 Å². The fourth-order valence-corrected chi connectivity index (χ4v) is 4.75. The van der Waals surface area contributed by atoms with E-state index in [9.17, 15) is 8.42 Å². The molecule has 0 unspecified atom stereocenters. The topological polar surface area (TPSA) is 52.2 Å². The van der Waals surface area contributed by atoms with Crippen molar-refractivity contribution in [3.63, 3.8) is 0 Å². The summed E-state index contributed by atoms with van der Waals surface area (Å²) in [6.45, 7) is 3.66. The maximum absolute atomic E-state index is 13.2. The average Bonchev–Trinajstić information content (AvgIpc) is 3.04. The zero-order valence-electron chi connectivity index (χ0n) is 12.8. The average molecular weight is 325 g/mol. The number of hydrogen-bond donors (Lipinski definition) is 0. The number of benzene rings is 2. The quantitative estimate of drug-likeness (QED) is 0.554. The van der Waals surface area contributed by atoms with Crippen molar-refractivity contribution in [3.8, 4) is 0 Å². The van der Waals surface area contributed by atoms with Crippen LogP contribution in [0.3, 0.4) is 0 Å². The minimum atomic E-state index is -3.70. The van der Waals surface area contributed by atoms with Crippen LogP contribution in [0.15, 0.2) is 63.9 Å². The second-order valence-electron chi connectivity index (χ2n) is 5.54. The van der Waals surface area contributed by atoms with Gasteiger partial charge in [-0.05, 0) is 32.0 Å². The van der Waals surface area contributed by atoms with Crippen molar-refractivity contribution in [2.24, 2.45) is 0 Å². The zero-order chi connectivity index (χ0) is 16.2. The summed E-state index contributed by atoms with van der Waals surface area (Å²) in [5.74, 6) is 1.34. The molecule has 0 aliphatic heterocycles. The molecule has 4 aromatic rings. The van der Waals surface area contributed by atoms with Gasteiger partial charge in [-0.15, -0.1) is 0 Å². The second-order valence-corrected chi connectivity index (χ2v) is 7.32. The molecule has 0 aliphatic rings. The number of nitrogens with zero attached hydrogens (tertiary/aromatic N) is 1. The van der Waals surface area contributed by atoms with Gasteiger partial charge in [0.05, 0.1) is 15.8 Å². The Morgan fingerprint density at radius 3 is 2.26 bits per heavy atom. The Bertz CT molecular complexity index is 1140. The Hall–Kier alpha value is -2.53. The Morgan fingerprint density at radius 2 is 1.52 bits per heavy atom. The lowest BCUT2D eigenvalue weighted by atomic mass is 10.2. The summed E-state index contributed by atoms with van der Waals surface area (Å²) >= 11 is 0. The molecular weight excluding hydrogens is 310 g/mol. The van der Waals surface area contributed by atoms with E-state index in [0.717, 1.165) is 16.5 Å². The highest BCUT2D eigenvalue weighted by Crippen LogP contribution is 2.37. The highest BCUT2D eigenvalue weighted by Gasteiger charge is 2.26. The van der Waals surface area contributed by atoms with E-state index in [1.165, 1.54) is 3.97 Å². The highest BCUT2D eigenvalue weighted by atomic mass is 32.2. The molecule has 0 saturated carbocycles. The van der Waals surface area contributed by atoms with Crippen molar-refractivity contribution in [1.82, 2.24) is 3.97 Å². The molecule has 0 bridgehead atoms. The number of hydrogen-bond acceptors (Lipinski definition) is 3. The van der Waals surface area contributed by atoms with Crippen LogP contribution in [0.25, 0.3) is 21.8 Å². The molecule has 23 heavy (non-hydrogen) atoms. The largest absolute Gasteiger partial charge is 0.464 e. The van der Waals surface area contributed by atoms with E-state index < -0.39 is 10.0 Å². The fraction of sp³-hybridized carbons (Fsp3) is 0.111. The van der Waals surface area contributed by atoms with Gasteiger partial charge in [-0.2, -0.15) is 0 Å². The van der Waals surface area contributed by atoms with Gasteiger partial charge in [0.25, 0.3) is 10.0 Å². The number of furan rings is 1. The van der Waals surface area contributed by atoms with Gasteiger partial charge in [0, 0.05) is 5.39 Å². The van der Waals surface area contributed by atoms with Gasteiger partial charge in [0.2, 0.25) is 0 Å². The van der Waals surface area contributed by atoms with Crippen molar-refractivity contribution in [3.05, 3.63) is 66.1 Å². The summed E-state index contributed by atoms with van der Waals surface area (Å²) in [5.41, 5.74) is 1.29. The van der Waals surface area contributed by atoms with Crippen LogP contribution in [0, 0.1) is 13.8 Å². The molecule has 0 aliphatic carbocycles. The van der Waals surface area contributed by atoms with Crippen LogP contribution < -0.4 is 0 Å². The number of rotatable bonds is 2. The fourth-order valence-electron chi connectivity index (χ4n) is 3.16. The van der Waals surface area contributed by atoms with E-state index >= 15 is 0 Å². The molecule has 0 saturated heterocycles. The van der Waals surface area contributed by atoms with E-state index in [0.29, 0.717) is 16.8 Å². The molecule has 2 heterocycles. The molecular formula is C18H15NO3S. The third kappa shape index (κ3) is 1.86. The molecule has 4 rings (SSSR count). The van der Waals surface area contributed by atoms with Gasteiger partial charge >= 0.3 is 0 Å². The minimum Gasteiger partial charge on any atom is -0.464 e. The van der Waals surface area contributed by atoms with Crippen molar-refractivity contribution in [1.29, 1.82) is 0 Å². The first-order valence-electron chi connectivity index (χ1n) is 7.31. The standard InChI is InChI=1S/C18H15NO3S/c1-12-17-15-10-6-7-11-16(15)19(18(17)13(2)22-12)23(20,21)14-8-4-3-5-9-14/h3-11H,1-2H3. The van der Waals surface area contributed by atoms with E-state index in [-0.39, 0.29) is 4.90 Å². The zero-order valence-corrected chi connectivity index (χ0v) is 13.6. The predicted octanol–water partition coefficient (Wildman–Crippen LogP) is 4.24. The molecule has 116 valence electrons. The Balaban J connectivity index is 2.22.